The molecule has 5 heteroatoms. The Balaban J connectivity index is 1.70. The number of benzene rings is 1. The van der Waals surface area contributed by atoms with Gasteiger partial charge in [0.25, 0.3) is 0 Å². The zero-order valence-electron chi connectivity index (χ0n) is 12.3. The number of rotatable bonds is 3. The van der Waals surface area contributed by atoms with Crippen LogP contribution in [0.15, 0.2) is 24.3 Å². The van der Waals surface area contributed by atoms with Crippen molar-refractivity contribution < 1.29 is 9.53 Å². The van der Waals surface area contributed by atoms with E-state index < -0.39 is 0 Å². The third-order valence-corrected chi connectivity index (χ3v) is 4.18. The zero-order valence-corrected chi connectivity index (χ0v) is 12.3. The van der Waals surface area contributed by atoms with Crippen LogP contribution in [0.4, 0.5) is 11.4 Å². The minimum atomic E-state index is 0.0801. The van der Waals surface area contributed by atoms with E-state index in [4.69, 9.17) is 4.74 Å². The zero-order chi connectivity index (χ0) is 14.5. The number of hydrogen-bond donors (Lipinski definition) is 2. The summed E-state index contributed by atoms with van der Waals surface area (Å²) in [5.41, 5.74) is 2.01. The molecule has 0 radical (unpaired) electrons. The predicted octanol–water partition coefficient (Wildman–Crippen LogP) is 1.46. The van der Waals surface area contributed by atoms with Crippen LogP contribution < -0.4 is 15.5 Å². The van der Waals surface area contributed by atoms with E-state index in [0.29, 0.717) is 0 Å². The van der Waals surface area contributed by atoms with Gasteiger partial charge in [-0.15, -0.1) is 0 Å². The van der Waals surface area contributed by atoms with Gasteiger partial charge in [-0.1, -0.05) is 12.1 Å². The minimum Gasteiger partial charge on any atom is -0.378 e. The van der Waals surface area contributed by atoms with Gasteiger partial charge in [0.1, 0.15) is 0 Å². The molecule has 0 aromatic heterocycles. The highest BCUT2D eigenvalue weighted by Crippen LogP contribution is 2.27. The Morgan fingerprint density at radius 3 is 2.86 bits per heavy atom. The van der Waals surface area contributed by atoms with Crippen molar-refractivity contribution in [3.05, 3.63) is 24.3 Å². The van der Waals surface area contributed by atoms with Crippen LogP contribution in [0.1, 0.15) is 12.8 Å². The monoisotopic (exact) mass is 289 g/mol. The molecule has 3 rings (SSSR count). The number of para-hydroxylation sites is 2. The molecule has 2 saturated heterocycles. The summed E-state index contributed by atoms with van der Waals surface area (Å²) in [6.45, 7) is 5.04. The number of nitrogens with one attached hydrogen (secondary N) is 2. The smallest absolute Gasteiger partial charge is 0.228 e. The first-order valence-corrected chi connectivity index (χ1v) is 7.78. The lowest BCUT2D eigenvalue weighted by atomic mass is 9.98. The molecule has 1 unspecified atom stereocenters. The summed E-state index contributed by atoms with van der Waals surface area (Å²) in [6.07, 6.45) is 2.04. The Morgan fingerprint density at radius 1 is 1.29 bits per heavy atom. The maximum absolute atomic E-state index is 12.4. The van der Waals surface area contributed by atoms with Crippen molar-refractivity contribution in [2.45, 2.75) is 12.8 Å². The maximum atomic E-state index is 12.4. The SMILES string of the molecule is O=C(Nc1ccccc1N1CCOCC1)C1CCCNC1. The topological polar surface area (TPSA) is 53.6 Å². The molecule has 1 amide bonds. The van der Waals surface area contributed by atoms with Gasteiger partial charge in [-0.3, -0.25) is 4.79 Å². The van der Waals surface area contributed by atoms with Gasteiger partial charge in [0, 0.05) is 19.6 Å². The Morgan fingerprint density at radius 2 is 2.10 bits per heavy atom. The fourth-order valence-electron chi connectivity index (χ4n) is 2.97. The number of carbonyl (C=O) groups excluding carboxylic acids is 1. The molecule has 1 aromatic rings. The standard InChI is InChI=1S/C16H23N3O2/c20-16(13-4-3-7-17-12-13)18-14-5-1-2-6-15(14)19-8-10-21-11-9-19/h1-2,5-6,13,17H,3-4,7-12H2,(H,18,20). The molecule has 114 valence electrons. The molecule has 21 heavy (non-hydrogen) atoms. The number of carbonyl (C=O) groups is 1. The van der Waals surface area contributed by atoms with Gasteiger partial charge in [0.05, 0.1) is 30.5 Å². The maximum Gasteiger partial charge on any atom is 0.228 e. The average Bonchev–Trinajstić information content (AvgIpc) is 2.57. The number of amides is 1. The van der Waals surface area contributed by atoms with E-state index in [1.165, 1.54) is 0 Å². The lowest BCUT2D eigenvalue weighted by Gasteiger charge is -2.31. The number of nitrogens with zero attached hydrogens (tertiary/aromatic N) is 1. The molecule has 2 fully saturated rings. The highest BCUT2D eigenvalue weighted by Gasteiger charge is 2.22. The molecule has 2 N–H and O–H groups in total. The highest BCUT2D eigenvalue weighted by atomic mass is 16.5. The van der Waals surface area contributed by atoms with Gasteiger partial charge in [-0.2, -0.15) is 0 Å². The van der Waals surface area contributed by atoms with Crippen molar-refractivity contribution in [3.63, 3.8) is 0 Å². The second-order valence-corrected chi connectivity index (χ2v) is 5.65. The number of morpholine rings is 1. The van der Waals surface area contributed by atoms with Crippen LogP contribution in [0.3, 0.4) is 0 Å². The van der Waals surface area contributed by atoms with Crippen LogP contribution in [0.2, 0.25) is 0 Å². The third kappa shape index (κ3) is 3.54. The van der Waals surface area contributed by atoms with E-state index in [2.05, 4.69) is 21.6 Å². The van der Waals surface area contributed by atoms with Gasteiger partial charge in [0.15, 0.2) is 0 Å². The van der Waals surface area contributed by atoms with Crippen molar-refractivity contribution in [2.24, 2.45) is 5.92 Å². The van der Waals surface area contributed by atoms with Crippen molar-refractivity contribution in [1.29, 1.82) is 0 Å². The summed E-state index contributed by atoms with van der Waals surface area (Å²) >= 11 is 0. The first-order valence-electron chi connectivity index (χ1n) is 7.78. The molecule has 2 aliphatic heterocycles. The normalized spacial score (nSPS) is 22.9. The van der Waals surface area contributed by atoms with E-state index in [1.807, 2.05) is 18.2 Å². The fraction of sp³-hybridized carbons (Fsp3) is 0.562. The van der Waals surface area contributed by atoms with Crippen LogP contribution in [-0.4, -0.2) is 45.3 Å². The minimum absolute atomic E-state index is 0.0801. The van der Waals surface area contributed by atoms with Gasteiger partial charge in [-0.05, 0) is 31.5 Å². The van der Waals surface area contributed by atoms with Crippen LogP contribution in [-0.2, 0) is 9.53 Å². The first-order chi connectivity index (χ1) is 10.3. The lowest BCUT2D eigenvalue weighted by molar-refractivity contribution is -0.120. The summed E-state index contributed by atoms with van der Waals surface area (Å²) in [7, 11) is 0. The molecule has 2 heterocycles. The quantitative estimate of drug-likeness (QED) is 0.884. The van der Waals surface area contributed by atoms with Crippen molar-refractivity contribution >= 4 is 17.3 Å². The van der Waals surface area contributed by atoms with Crippen LogP contribution in [0.5, 0.6) is 0 Å². The Labute approximate surface area is 125 Å². The van der Waals surface area contributed by atoms with Crippen LogP contribution in [0.25, 0.3) is 0 Å². The molecule has 1 aromatic carbocycles. The molecule has 1 atom stereocenters. The second-order valence-electron chi connectivity index (χ2n) is 5.65. The van der Waals surface area contributed by atoms with E-state index in [-0.39, 0.29) is 11.8 Å². The number of ether oxygens (including phenoxy) is 1. The van der Waals surface area contributed by atoms with Crippen LogP contribution in [0, 0.1) is 5.92 Å². The van der Waals surface area contributed by atoms with Gasteiger partial charge < -0.3 is 20.3 Å². The van der Waals surface area contributed by atoms with Gasteiger partial charge in [0.2, 0.25) is 5.91 Å². The number of hydrogen-bond acceptors (Lipinski definition) is 4. The largest absolute Gasteiger partial charge is 0.378 e. The molecule has 0 aliphatic carbocycles. The van der Waals surface area contributed by atoms with E-state index in [0.717, 1.165) is 63.6 Å². The fourth-order valence-corrected chi connectivity index (χ4v) is 2.97. The molecular formula is C16H23N3O2. The lowest BCUT2D eigenvalue weighted by Crippen LogP contribution is -2.39. The second kappa shape index (κ2) is 6.91. The van der Waals surface area contributed by atoms with E-state index >= 15 is 0 Å². The Bertz CT molecular complexity index is 480. The number of piperidine rings is 1. The number of anilines is 2. The molecule has 0 bridgehead atoms. The Hall–Kier alpha value is -1.59. The summed E-state index contributed by atoms with van der Waals surface area (Å²) in [6, 6.07) is 8.04. The third-order valence-electron chi connectivity index (χ3n) is 4.18. The summed E-state index contributed by atoms with van der Waals surface area (Å²) in [5, 5.41) is 6.41. The molecule has 0 saturated carbocycles. The molecule has 5 nitrogen and oxygen atoms in total. The van der Waals surface area contributed by atoms with E-state index in [1.54, 1.807) is 0 Å². The first kappa shape index (κ1) is 14.4. The van der Waals surface area contributed by atoms with Crippen molar-refractivity contribution in [3.8, 4) is 0 Å². The average molecular weight is 289 g/mol. The summed E-state index contributed by atoms with van der Waals surface area (Å²) < 4.78 is 5.40. The molecule has 0 spiro atoms. The summed E-state index contributed by atoms with van der Waals surface area (Å²) in [5.74, 6) is 0.208. The van der Waals surface area contributed by atoms with Crippen molar-refractivity contribution in [2.75, 3.05) is 49.6 Å². The van der Waals surface area contributed by atoms with Crippen molar-refractivity contribution in [1.82, 2.24) is 5.32 Å². The highest BCUT2D eigenvalue weighted by molar-refractivity contribution is 5.96. The molecular weight excluding hydrogens is 266 g/mol. The Kier molecular flexibility index (Phi) is 4.72. The predicted molar refractivity (Wildman–Crippen MR) is 83.7 cm³/mol. The van der Waals surface area contributed by atoms with Gasteiger partial charge >= 0.3 is 0 Å². The summed E-state index contributed by atoms with van der Waals surface area (Å²) in [4.78, 5) is 14.7. The van der Waals surface area contributed by atoms with Gasteiger partial charge in [-0.25, -0.2) is 0 Å². The van der Waals surface area contributed by atoms with Crippen LogP contribution >= 0.6 is 0 Å². The van der Waals surface area contributed by atoms with E-state index in [9.17, 15) is 4.79 Å². The molecule has 2 aliphatic rings.